The standard InChI is InChI=1S/C14H31N/c1-9-14(6,7)12(4)11(3)13(5)15(8)10-2/h11-13H,9-10H2,1-8H3/t11-,12+,13+/m1/s1. The summed E-state index contributed by atoms with van der Waals surface area (Å²) in [6.45, 7) is 17.6. The maximum absolute atomic E-state index is 2.45. The van der Waals surface area contributed by atoms with Crippen LogP contribution in [0, 0.1) is 17.3 Å². The molecule has 92 valence electrons. The van der Waals surface area contributed by atoms with Crippen molar-refractivity contribution in [3.63, 3.8) is 0 Å². The molecule has 0 aliphatic heterocycles. The van der Waals surface area contributed by atoms with Gasteiger partial charge in [-0.25, -0.2) is 0 Å². The third kappa shape index (κ3) is 3.79. The van der Waals surface area contributed by atoms with Crippen LogP contribution in [-0.4, -0.2) is 24.5 Å². The first-order valence-corrected chi connectivity index (χ1v) is 6.48. The largest absolute Gasteiger partial charge is 0.304 e. The van der Waals surface area contributed by atoms with E-state index in [1.807, 2.05) is 0 Å². The van der Waals surface area contributed by atoms with Crippen molar-refractivity contribution in [2.45, 2.75) is 60.9 Å². The summed E-state index contributed by atoms with van der Waals surface area (Å²) in [6, 6.07) is 0.677. The summed E-state index contributed by atoms with van der Waals surface area (Å²) >= 11 is 0. The molecular weight excluding hydrogens is 182 g/mol. The van der Waals surface area contributed by atoms with Gasteiger partial charge in [0, 0.05) is 6.04 Å². The molecule has 0 amide bonds. The van der Waals surface area contributed by atoms with Crippen LogP contribution in [0.4, 0.5) is 0 Å². The molecule has 0 unspecified atom stereocenters. The molecule has 0 saturated heterocycles. The van der Waals surface area contributed by atoms with Gasteiger partial charge in [0.05, 0.1) is 0 Å². The van der Waals surface area contributed by atoms with Crippen LogP contribution in [0.25, 0.3) is 0 Å². The average molecular weight is 213 g/mol. The highest BCUT2D eigenvalue weighted by atomic mass is 15.1. The molecule has 0 saturated carbocycles. The van der Waals surface area contributed by atoms with Crippen molar-refractivity contribution < 1.29 is 0 Å². The Kier molecular flexibility index (Phi) is 5.87. The molecule has 0 aromatic rings. The molecule has 0 heterocycles. The minimum Gasteiger partial charge on any atom is -0.304 e. The molecule has 0 aliphatic rings. The molecule has 1 nitrogen and oxygen atoms in total. The summed E-state index contributed by atoms with van der Waals surface area (Å²) in [7, 11) is 2.23. The van der Waals surface area contributed by atoms with E-state index in [2.05, 4.69) is 60.4 Å². The van der Waals surface area contributed by atoms with Gasteiger partial charge in [0.15, 0.2) is 0 Å². The Morgan fingerprint density at radius 3 is 1.87 bits per heavy atom. The molecule has 15 heavy (non-hydrogen) atoms. The fraction of sp³-hybridized carbons (Fsp3) is 1.00. The van der Waals surface area contributed by atoms with Gasteiger partial charge in [-0.2, -0.15) is 0 Å². The van der Waals surface area contributed by atoms with E-state index in [1.165, 1.54) is 6.42 Å². The van der Waals surface area contributed by atoms with Crippen LogP contribution in [-0.2, 0) is 0 Å². The predicted molar refractivity (Wildman–Crippen MR) is 70.2 cm³/mol. The SMILES string of the molecule is CCN(C)[C@@H](C)[C@H](C)[C@H](C)C(C)(C)CC. The summed E-state index contributed by atoms with van der Waals surface area (Å²) in [4.78, 5) is 2.45. The fourth-order valence-corrected chi connectivity index (χ4v) is 2.14. The molecule has 0 fully saturated rings. The Morgan fingerprint density at radius 1 is 1.07 bits per heavy atom. The van der Waals surface area contributed by atoms with Gasteiger partial charge in [-0.3, -0.25) is 0 Å². The quantitative estimate of drug-likeness (QED) is 0.644. The third-order valence-electron chi connectivity index (χ3n) is 4.89. The smallest absolute Gasteiger partial charge is 0.00921 e. The van der Waals surface area contributed by atoms with Gasteiger partial charge >= 0.3 is 0 Å². The van der Waals surface area contributed by atoms with Crippen molar-refractivity contribution in [1.82, 2.24) is 4.90 Å². The lowest BCUT2D eigenvalue weighted by atomic mass is 9.70. The summed E-state index contributed by atoms with van der Waals surface area (Å²) in [5.74, 6) is 1.52. The van der Waals surface area contributed by atoms with E-state index in [0.717, 1.165) is 18.4 Å². The molecule has 0 rings (SSSR count). The zero-order valence-electron chi connectivity index (χ0n) is 12.1. The Morgan fingerprint density at radius 2 is 1.53 bits per heavy atom. The van der Waals surface area contributed by atoms with Crippen molar-refractivity contribution >= 4 is 0 Å². The number of rotatable bonds is 6. The summed E-state index contributed by atoms with van der Waals surface area (Å²) < 4.78 is 0. The van der Waals surface area contributed by atoms with Crippen molar-refractivity contribution in [2.24, 2.45) is 17.3 Å². The van der Waals surface area contributed by atoms with Gasteiger partial charge in [0.1, 0.15) is 0 Å². The van der Waals surface area contributed by atoms with Gasteiger partial charge in [-0.15, -0.1) is 0 Å². The van der Waals surface area contributed by atoms with Crippen LogP contribution in [0.2, 0.25) is 0 Å². The van der Waals surface area contributed by atoms with Crippen LogP contribution < -0.4 is 0 Å². The van der Waals surface area contributed by atoms with E-state index < -0.39 is 0 Å². The molecule has 0 N–H and O–H groups in total. The first-order valence-electron chi connectivity index (χ1n) is 6.48. The highest BCUT2D eigenvalue weighted by molar-refractivity contribution is 4.83. The van der Waals surface area contributed by atoms with Crippen molar-refractivity contribution in [2.75, 3.05) is 13.6 Å². The molecule has 0 aromatic carbocycles. The average Bonchev–Trinajstić information content (AvgIpc) is 2.24. The molecule has 0 radical (unpaired) electrons. The normalized spacial score (nSPS) is 19.0. The molecule has 0 aliphatic carbocycles. The van der Waals surface area contributed by atoms with Crippen LogP contribution in [0.15, 0.2) is 0 Å². The van der Waals surface area contributed by atoms with E-state index in [-0.39, 0.29) is 0 Å². The van der Waals surface area contributed by atoms with E-state index in [4.69, 9.17) is 0 Å². The fourth-order valence-electron chi connectivity index (χ4n) is 2.14. The zero-order chi connectivity index (χ0) is 12.2. The van der Waals surface area contributed by atoms with E-state index >= 15 is 0 Å². The second kappa shape index (κ2) is 5.89. The zero-order valence-corrected chi connectivity index (χ0v) is 12.1. The lowest BCUT2D eigenvalue weighted by Crippen LogP contribution is -2.40. The first-order chi connectivity index (χ1) is 6.77. The molecular formula is C14H31N. The maximum Gasteiger partial charge on any atom is 0.00921 e. The topological polar surface area (TPSA) is 3.24 Å². The van der Waals surface area contributed by atoms with Crippen LogP contribution >= 0.6 is 0 Å². The Labute approximate surface area is 97.2 Å². The third-order valence-corrected chi connectivity index (χ3v) is 4.89. The Bertz CT molecular complexity index is 174. The van der Waals surface area contributed by atoms with Crippen molar-refractivity contribution in [1.29, 1.82) is 0 Å². The molecule has 0 bridgehead atoms. The highest BCUT2D eigenvalue weighted by Crippen LogP contribution is 2.37. The minimum absolute atomic E-state index is 0.461. The first kappa shape index (κ1) is 15.0. The summed E-state index contributed by atoms with van der Waals surface area (Å²) in [5.41, 5.74) is 0.461. The molecule has 1 heteroatoms. The van der Waals surface area contributed by atoms with Gasteiger partial charge in [0.25, 0.3) is 0 Å². The lowest BCUT2D eigenvalue weighted by molar-refractivity contribution is 0.0910. The monoisotopic (exact) mass is 213 g/mol. The summed E-state index contributed by atoms with van der Waals surface area (Å²) in [5, 5.41) is 0. The van der Waals surface area contributed by atoms with E-state index in [0.29, 0.717) is 11.5 Å². The molecule has 0 spiro atoms. The predicted octanol–water partition coefficient (Wildman–Crippen LogP) is 4.04. The van der Waals surface area contributed by atoms with E-state index in [1.54, 1.807) is 0 Å². The molecule has 0 aromatic heterocycles. The van der Waals surface area contributed by atoms with Gasteiger partial charge in [-0.05, 0) is 37.8 Å². The van der Waals surface area contributed by atoms with Crippen LogP contribution in [0.1, 0.15) is 54.9 Å². The van der Waals surface area contributed by atoms with Gasteiger partial charge in [-0.1, -0.05) is 48.0 Å². The number of nitrogens with zero attached hydrogens (tertiary/aromatic N) is 1. The Hall–Kier alpha value is -0.0400. The van der Waals surface area contributed by atoms with Gasteiger partial charge in [0.2, 0.25) is 0 Å². The van der Waals surface area contributed by atoms with E-state index in [9.17, 15) is 0 Å². The number of hydrogen-bond acceptors (Lipinski definition) is 1. The Balaban J connectivity index is 4.50. The highest BCUT2D eigenvalue weighted by Gasteiger charge is 2.31. The van der Waals surface area contributed by atoms with Crippen molar-refractivity contribution in [3.05, 3.63) is 0 Å². The second-order valence-electron chi connectivity index (χ2n) is 5.80. The second-order valence-corrected chi connectivity index (χ2v) is 5.80. The molecule has 3 atom stereocenters. The maximum atomic E-state index is 2.45. The van der Waals surface area contributed by atoms with Crippen molar-refractivity contribution in [3.8, 4) is 0 Å². The van der Waals surface area contributed by atoms with Crippen LogP contribution in [0.3, 0.4) is 0 Å². The minimum atomic E-state index is 0.461. The van der Waals surface area contributed by atoms with Gasteiger partial charge < -0.3 is 4.90 Å². The lowest BCUT2D eigenvalue weighted by Gasteiger charge is -2.40. The summed E-state index contributed by atoms with van der Waals surface area (Å²) in [6.07, 6.45) is 1.26. The number of hydrogen-bond donors (Lipinski definition) is 0. The van der Waals surface area contributed by atoms with Crippen LogP contribution in [0.5, 0.6) is 0 Å².